The summed E-state index contributed by atoms with van der Waals surface area (Å²) in [4.78, 5) is 76.1. The monoisotopic (exact) mass is 792 g/mol. The molecule has 0 aliphatic carbocycles. The highest BCUT2D eigenvalue weighted by Crippen LogP contribution is 2.35. The summed E-state index contributed by atoms with van der Waals surface area (Å²) in [5, 5.41) is 5.40. The standard InChI is InChI=1S/C42H52N10O6/c1-23(2)34(48-41(55)57-6)39(53)51-18-8-10-31(51)36-43-21-29(45-36)25-12-14-26(15-13-25)38-47-28-17-16-27(20-33(28)50(38)5)30-22-44-37(46-30)32-11-9-19-52(32)40(54)35(24(3)4)49-42(56)58-7/h12-17,20-24,31-32,34-35H,8-11,18-19H2,1-7H3,(H,43,45)(H,44,46)(H,48,55)(H,49,56)/t31-,32-,34-,35-/m0/s1. The van der Waals surface area contributed by atoms with Gasteiger partial charge in [0.1, 0.15) is 29.6 Å². The minimum absolute atomic E-state index is 0.113. The van der Waals surface area contributed by atoms with E-state index in [-0.39, 0.29) is 35.7 Å². The normalized spacial score (nSPS) is 17.9. The summed E-state index contributed by atoms with van der Waals surface area (Å²) in [5.74, 6) is 1.71. The molecular formula is C42H52N10O6. The quantitative estimate of drug-likeness (QED) is 0.122. The number of H-pyrrole nitrogens is 2. The maximum Gasteiger partial charge on any atom is 0.407 e. The number of aryl methyl sites for hydroxylation is 1. The maximum absolute atomic E-state index is 13.6. The van der Waals surface area contributed by atoms with E-state index in [1.165, 1.54) is 14.2 Å². The lowest BCUT2D eigenvalue weighted by Gasteiger charge is -2.30. The van der Waals surface area contributed by atoms with Gasteiger partial charge in [-0.2, -0.15) is 0 Å². The predicted molar refractivity (Wildman–Crippen MR) is 217 cm³/mol. The lowest BCUT2D eigenvalue weighted by atomic mass is 10.0. The van der Waals surface area contributed by atoms with Crippen molar-refractivity contribution < 1.29 is 28.7 Å². The van der Waals surface area contributed by atoms with Crippen LogP contribution >= 0.6 is 0 Å². The summed E-state index contributed by atoms with van der Waals surface area (Å²) >= 11 is 0. The molecule has 0 saturated carbocycles. The molecule has 2 aliphatic rings. The number of aromatic nitrogens is 6. The lowest BCUT2D eigenvalue weighted by molar-refractivity contribution is -0.136. The van der Waals surface area contributed by atoms with Crippen molar-refractivity contribution in [2.45, 2.75) is 77.5 Å². The molecule has 16 nitrogen and oxygen atoms in total. The zero-order chi connectivity index (χ0) is 41.2. The third-order valence-corrected chi connectivity index (χ3v) is 11.3. The van der Waals surface area contributed by atoms with Crippen molar-refractivity contribution in [2.75, 3.05) is 27.3 Å². The molecule has 4 amide bonds. The number of methoxy groups -OCH3 is 2. The average molecular weight is 793 g/mol. The van der Waals surface area contributed by atoms with E-state index in [1.807, 2.05) is 71.1 Å². The zero-order valence-corrected chi connectivity index (χ0v) is 34.0. The Morgan fingerprint density at radius 1 is 0.707 bits per heavy atom. The number of ether oxygens (including phenoxy) is 2. The molecule has 2 fully saturated rings. The number of likely N-dealkylation sites (tertiary alicyclic amines) is 2. The van der Waals surface area contributed by atoms with Gasteiger partial charge < -0.3 is 44.4 Å². The molecule has 0 unspecified atom stereocenters. The fraction of sp³-hybridized carbons (Fsp3) is 0.452. The van der Waals surface area contributed by atoms with E-state index in [0.29, 0.717) is 24.7 Å². The van der Waals surface area contributed by atoms with Gasteiger partial charge in [-0.1, -0.05) is 58.0 Å². The molecule has 306 valence electrons. The highest BCUT2D eigenvalue weighted by Gasteiger charge is 2.39. The van der Waals surface area contributed by atoms with Crippen LogP contribution in [0.4, 0.5) is 9.59 Å². The van der Waals surface area contributed by atoms with Crippen LogP contribution in [0.25, 0.3) is 44.9 Å². The molecule has 5 aromatic rings. The first-order valence-corrected chi connectivity index (χ1v) is 19.9. The van der Waals surface area contributed by atoms with Gasteiger partial charge in [-0.05, 0) is 55.2 Å². The van der Waals surface area contributed by atoms with Gasteiger partial charge >= 0.3 is 12.2 Å². The van der Waals surface area contributed by atoms with E-state index in [4.69, 9.17) is 19.4 Å². The Morgan fingerprint density at radius 3 is 1.66 bits per heavy atom. The van der Waals surface area contributed by atoms with Crippen LogP contribution in [0.1, 0.15) is 77.1 Å². The maximum atomic E-state index is 13.6. The van der Waals surface area contributed by atoms with Crippen LogP contribution in [0.2, 0.25) is 0 Å². The lowest BCUT2D eigenvalue weighted by Crippen LogP contribution is -2.51. The Bertz CT molecular complexity index is 2290. The van der Waals surface area contributed by atoms with Crippen molar-refractivity contribution in [3.8, 4) is 33.9 Å². The van der Waals surface area contributed by atoms with Crippen LogP contribution < -0.4 is 10.6 Å². The number of nitrogens with one attached hydrogen (secondary N) is 4. The highest BCUT2D eigenvalue weighted by atomic mass is 16.5. The minimum atomic E-state index is -0.701. The van der Waals surface area contributed by atoms with Crippen molar-refractivity contribution in [2.24, 2.45) is 18.9 Å². The summed E-state index contributed by atoms with van der Waals surface area (Å²) in [6.45, 7) is 8.76. The summed E-state index contributed by atoms with van der Waals surface area (Å²) in [7, 11) is 4.57. The van der Waals surface area contributed by atoms with Gasteiger partial charge in [0.05, 0.1) is 61.1 Å². The number of hydrogen-bond donors (Lipinski definition) is 4. The molecule has 4 atom stereocenters. The van der Waals surface area contributed by atoms with Crippen LogP contribution in [0.5, 0.6) is 0 Å². The van der Waals surface area contributed by atoms with Crippen LogP contribution in [0.15, 0.2) is 54.9 Å². The van der Waals surface area contributed by atoms with E-state index in [9.17, 15) is 19.2 Å². The second-order valence-corrected chi connectivity index (χ2v) is 15.7. The molecule has 0 spiro atoms. The number of hydrogen-bond acceptors (Lipinski definition) is 9. The van der Waals surface area contributed by atoms with E-state index < -0.39 is 24.3 Å². The number of aromatic amines is 2. The smallest absolute Gasteiger partial charge is 0.407 e. The number of carbonyl (C=O) groups excluding carboxylic acids is 4. The molecule has 0 bridgehead atoms. The fourth-order valence-electron chi connectivity index (χ4n) is 8.11. The minimum Gasteiger partial charge on any atom is -0.453 e. The van der Waals surface area contributed by atoms with Crippen LogP contribution in [-0.4, -0.2) is 103 Å². The van der Waals surface area contributed by atoms with Crippen LogP contribution in [0, 0.1) is 11.8 Å². The number of fused-ring (bicyclic) bond motifs is 1. The topological polar surface area (TPSA) is 192 Å². The number of rotatable bonds is 11. The van der Waals surface area contributed by atoms with E-state index in [0.717, 1.165) is 70.6 Å². The highest BCUT2D eigenvalue weighted by molar-refractivity contribution is 5.88. The second kappa shape index (κ2) is 16.7. The first-order valence-electron chi connectivity index (χ1n) is 19.9. The Labute approximate surface area is 337 Å². The number of carbonyl (C=O) groups is 4. The van der Waals surface area contributed by atoms with Gasteiger partial charge in [-0.15, -0.1) is 0 Å². The second-order valence-electron chi connectivity index (χ2n) is 15.7. The molecule has 2 saturated heterocycles. The number of imidazole rings is 3. The number of nitrogens with zero attached hydrogens (tertiary/aromatic N) is 6. The van der Waals surface area contributed by atoms with Gasteiger partial charge in [-0.25, -0.2) is 24.5 Å². The molecular weight excluding hydrogens is 741 g/mol. The Morgan fingerprint density at radius 2 is 1.17 bits per heavy atom. The van der Waals surface area contributed by atoms with E-state index >= 15 is 0 Å². The SMILES string of the molecule is COC(=O)N[C@H](C(=O)N1CCC[C@H]1c1ncc(-c2ccc(-c3nc4ccc(-c5cnc([C@@H]6CCCN6C(=O)[C@@H](NC(=O)OC)C(C)C)[nH]5)cc4n3C)cc2)[nH]1)C(C)C. The molecule has 0 radical (unpaired) electrons. The third-order valence-electron chi connectivity index (χ3n) is 11.3. The molecule has 4 N–H and O–H groups in total. The summed E-state index contributed by atoms with van der Waals surface area (Å²) in [6.07, 6.45) is 5.55. The molecule has 2 aromatic carbocycles. The molecule has 3 aromatic heterocycles. The van der Waals surface area contributed by atoms with E-state index in [1.54, 1.807) is 22.2 Å². The van der Waals surface area contributed by atoms with Gasteiger partial charge in [0.2, 0.25) is 11.8 Å². The van der Waals surface area contributed by atoms with Crippen LogP contribution in [-0.2, 0) is 26.1 Å². The van der Waals surface area contributed by atoms with Crippen molar-refractivity contribution in [1.82, 2.24) is 49.9 Å². The Hall–Kier alpha value is -6.19. The van der Waals surface area contributed by atoms with Gasteiger partial charge in [-0.3, -0.25) is 9.59 Å². The fourth-order valence-corrected chi connectivity index (χ4v) is 8.11. The first-order chi connectivity index (χ1) is 27.9. The zero-order valence-electron chi connectivity index (χ0n) is 34.0. The average Bonchev–Trinajstić information content (AvgIpc) is 4.08. The first kappa shape index (κ1) is 40.0. The molecule has 7 rings (SSSR count). The Kier molecular flexibility index (Phi) is 11.5. The molecule has 5 heterocycles. The predicted octanol–water partition coefficient (Wildman–Crippen LogP) is 6.11. The summed E-state index contributed by atoms with van der Waals surface area (Å²) < 4.78 is 11.6. The van der Waals surface area contributed by atoms with Gasteiger partial charge in [0.25, 0.3) is 0 Å². The van der Waals surface area contributed by atoms with Crippen molar-refractivity contribution in [1.29, 1.82) is 0 Å². The van der Waals surface area contributed by atoms with Crippen LogP contribution in [0.3, 0.4) is 0 Å². The number of benzene rings is 2. The summed E-state index contributed by atoms with van der Waals surface area (Å²) in [6, 6.07) is 12.4. The van der Waals surface area contributed by atoms with E-state index in [2.05, 4.69) is 36.2 Å². The Balaban J connectivity index is 1.06. The van der Waals surface area contributed by atoms with Gasteiger partial charge in [0.15, 0.2) is 0 Å². The molecule has 2 aliphatic heterocycles. The van der Waals surface area contributed by atoms with Gasteiger partial charge in [0, 0.05) is 31.3 Å². The molecule has 58 heavy (non-hydrogen) atoms. The summed E-state index contributed by atoms with van der Waals surface area (Å²) in [5.41, 5.74) is 6.31. The number of alkyl carbamates (subject to hydrolysis) is 2. The number of amides is 4. The van der Waals surface area contributed by atoms with Crippen molar-refractivity contribution in [3.05, 3.63) is 66.5 Å². The molecule has 16 heteroatoms. The third kappa shape index (κ3) is 7.87. The largest absolute Gasteiger partial charge is 0.453 e. The van der Waals surface area contributed by atoms with Crippen molar-refractivity contribution >= 4 is 35.0 Å². The van der Waals surface area contributed by atoms with Crippen molar-refractivity contribution in [3.63, 3.8) is 0 Å².